The van der Waals surface area contributed by atoms with Gasteiger partial charge in [-0.05, 0) is 49.6 Å². The average molecular weight is 358 g/mol. The summed E-state index contributed by atoms with van der Waals surface area (Å²) in [5.41, 5.74) is 5.54. The molecule has 0 spiro atoms. The summed E-state index contributed by atoms with van der Waals surface area (Å²) in [6.07, 6.45) is 0. The molecule has 2 aromatic carbocycles. The van der Waals surface area contributed by atoms with E-state index in [0.29, 0.717) is 23.8 Å². The maximum atomic E-state index is 12.6. The topological polar surface area (TPSA) is 35.6 Å². The van der Waals surface area contributed by atoms with E-state index in [1.165, 1.54) is 16.8 Å². The molecule has 2 aromatic rings. The highest BCUT2D eigenvalue weighted by molar-refractivity contribution is 6.33. The number of urea groups is 1. The largest absolute Gasteiger partial charge is 0.368 e. The Bertz CT molecular complexity index is 762. The first kappa shape index (κ1) is 17.6. The molecule has 4 nitrogen and oxygen atoms in total. The number of hydrogen-bond acceptors (Lipinski definition) is 2. The lowest BCUT2D eigenvalue weighted by Crippen LogP contribution is -2.50. The van der Waals surface area contributed by atoms with Crippen molar-refractivity contribution in [3.63, 3.8) is 0 Å². The second-order valence-corrected chi connectivity index (χ2v) is 6.96. The maximum Gasteiger partial charge on any atom is 0.322 e. The van der Waals surface area contributed by atoms with Gasteiger partial charge in [-0.3, -0.25) is 0 Å². The zero-order valence-electron chi connectivity index (χ0n) is 15.0. The van der Waals surface area contributed by atoms with E-state index in [9.17, 15) is 4.79 Å². The molecule has 0 unspecified atom stereocenters. The van der Waals surface area contributed by atoms with Crippen molar-refractivity contribution in [2.24, 2.45) is 0 Å². The Morgan fingerprint density at radius 1 is 0.960 bits per heavy atom. The Hall–Kier alpha value is -2.20. The SMILES string of the molecule is Cc1cccc(N2CCN(C(=O)Nc3c(C)cccc3Cl)CC2)c1C. The molecule has 0 aromatic heterocycles. The monoisotopic (exact) mass is 357 g/mol. The Morgan fingerprint density at radius 2 is 1.60 bits per heavy atom. The average Bonchev–Trinajstić information content (AvgIpc) is 2.61. The van der Waals surface area contributed by atoms with E-state index in [2.05, 4.69) is 42.3 Å². The van der Waals surface area contributed by atoms with Gasteiger partial charge in [0.2, 0.25) is 0 Å². The van der Waals surface area contributed by atoms with Crippen LogP contribution in [0.25, 0.3) is 0 Å². The number of anilines is 2. The van der Waals surface area contributed by atoms with Gasteiger partial charge in [0.1, 0.15) is 0 Å². The second kappa shape index (κ2) is 7.36. The van der Waals surface area contributed by atoms with Crippen molar-refractivity contribution in [1.29, 1.82) is 0 Å². The standard InChI is InChI=1S/C20H24ClN3O/c1-14-6-5-9-18(16(14)3)23-10-12-24(13-11-23)20(25)22-19-15(2)7-4-8-17(19)21/h4-9H,10-13H2,1-3H3,(H,22,25). The van der Waals surface area contributed by atoms with Crippen molar-refractivity contribution in [1.82, 2.24) is 4.90 Å². The molecule has 132 valence electrons. The number of halogens is 1. The van der Waals surface area contributed by atoms with E-state index < -0.39 is 0 Å². The van der Waals surface area contributed by atoms with E-state index in [1.54, 1.807) is 6.07 Å². The van der Waals surface area contributed by atoms with Crippen molar-refractivity contribution < 1.29 is 4.79 Å². The van der Waals surface area contributed by atoms with E-state index in [0.717, 1.165) is 18.7 Å². The van der Waals surface area contributed by atoms with E-state index in [4.69, 9.17) is 11.6 Å². The number of para-hydroxylation sites is 1. The third-order valence-corrected chi connectivity index (χ3v) is 5.25. The van der Waals surface area contributed by atoms with Crippen LogP contribution in [0.5, 0.6) is 0 Å². The highest BCUT2D eigenvalue weighted by atomic mass is 35.5. The fraction of sp³-hybridized carbons (Fsp3) is 0.350. The molecule has 1 fully saturated rings. The van der Waals surface area contributed by atoms with Crippen LogP contribution in [0.2, 0.25) is 5.02 Å². The molecule has 0 bridgehead atoms. The van der Waals surface area contributed by atoms with Crippen LogP contribution in [0.1, 0.15) is 16.7 Å². The van der Waals surface area contributed by atoms with Crippen LogP contribution in [0.4, 0.5) is 16.2 Å². The van der Waals surface area contributed by atoms with Crippen LogP contribution in [-0.4, -0.2) is 37.1 Å². The molecule has 1 saturated heterocycles. The third-order valence-electron chi connectivity index (χ3n) is 4.94. The summed E-state index contributed by atoms with van der Waals surface area (Å²) >= 11 is 6.21. The van der Waals surface area contributed by atoms with Gasteiger partial charge in [0.15, 0.2) is 0 Å². The van der Waals surface area contributed by atoms with E-state index >= 15 is 0 Å². The molecule has 25 heavy (non-hydrogen) atoms. The third kappa shape index (κ3) is 3.74. The number of amides is 2. The first-order valence-corrected chi connectivity index (χ1v) is 8.97. The van der Waals surface area contributed by atoms with Crippen LogP contribution in [0, 0.1) is 20.8 Å². The predicted molar refractivity (Wildman–Crippen MR) is 105 cm³/mol. The van der Waals surface area contributed by atoms with Gasteiger partial charge in [0.05, 0.1) is 10.7 Å². The lowest BCUT2D eigenvalue weighted by atomic mass is 10.1. The van der Waals surface area contributed by atoms with E-state index in [1.807, 2.05) is 24.0 Å². The van der Waals surface area contributed by atoms with Crippen molar-refractivity contribution in [2.75, 3.05) is 36.4 Å². The summed E-state index contributed by atoms with van der Waals surface area (Å²) in [6, 6.07) is 11.9. The van der Waals surface area contributed by atoms with Gasteiger partial charge in [0, 0.05) is 31.9 Å². The normalized spacial score (nSPS) is 14.6. The molecule has 0 saturated carbocycles. The molecule has 2 amide bonds. The summed E-state index contributed by atoms with van der Waals surface area (Å²) < 4.78 is 0. The number of hydrogen-bond donors (Lipinski definition) is 1. The van der Waals surface area contributed by atoms with Crippen LogP contribution in [0.3, 0.4) is 0 Å². The molecule has 1 heterocycles. The van der Waals surface area contributed by atoms with Crippen molar-refractivity contribution in [3.05, 3.63) is 58.1 Å². The lowest BCUT2D eigenvalue weighted by molar-refractivity contribution is 0.208. The van der Waals surface area contributed by atoms with Gasteiger partial charge >= 0.3 is 6.03 Å². The predicted octanol–water partition coefficient (Wildman–Crippen LogP) is 4.62. The molecule has 0 aliphatic carbocycles. The number of rotatable bonds is 2. The minimum Gasteiger partial charge on any atom is -0.368 e. The minimum absolute atomic E-state index is 0.0863. The second-order valence-electron chi connectivity index (χ2n) is 6.56. The fourth-order valence-electron chi connectivity index (χ4n) is 3.20. The first-order valence-electron chi connectivity index (χ1n) is 8.59. The Balaban J connectivity index is 1.64. The summed E-state index contributed by atoms with van der Waals surface area (Å²) in [4.78, 5) is 16.8. The highest BCUT2D eigenvalue weighted by Gasteiger charge is 2.23. The maximum absolute atomic E-state index is 12.6. The molecule has 0 radical (unpaired) electrons. The molecule has 5 heteroatoms. The van der Waals surface area contributed by atoms with Gasteiger partial charge < -0.3 is 15.1 Å². The number of carbonyl (C=O) groups is 1. The zero-order valence-corrected chi connectivity index (χ0v) is 15.7. The number of benzene rings is 2. The molecular weight excluding hydrogens is 334 g/mol. The number of nitrogens with one attached hydrogen (secondary N) is 1. The van der Waals surface area contributed by atoms with Crippen molar-refractivity contribution >= 4 is 29.0 Å². The number of aryl methyl sites for hydroxylation is 2. The number of nitrogens with zero attached hydrogens (tertiary/aromatic N) is 2. The van der Waals surface area contributed by atoms with Crippen LogP contribution in [-0.2, 0) is 0 Å². The minimum atomic E-state index is -0.0863. The number of carbonyl (C=O) groups excluding carboxylic acids is 1. The van der Waals surface area contributed by atoms with Crippen molar-refractivity contribution in [2.45, 2.75) is 20.8 Å². The molecule has 1 aliphatic rings. The van der Waals surface area contributed by atoms with Gasteiger partial charge in [-0.25, -0.2) is 4.79 Å². The first-order chi connectivity index (χ1) is 12.0. The summed E-state index contributed by atoms with van der Waals surface area (Å²) in [5.74, 6) is 0. The summed E-state index contributed by atoms with van der Waals surface area (Å²) in [7, 11) is 0. The quantitative estimate of drug-likeness (QED) is 0.851. The highest BCUT2D eigenvalue weighted by Crippen LogP contribution is 2.26. The molecule has 3 rings (SSSR count). The fourth-order valence-corrected chi connectivity index (χ4v) is 3.47. The van der Waals surface area contributed by atoms with Crippen LogP contribution in [0.15, 0.2) is 36.4 Å². The zero-order chi connectivity index (χ0) is 18.0. The Labute approximate surface area is 154 Å². The molecule has 1 N–H and O–H groups in total. The van der Waals surface area contributed by atoms with Gasteiger partial charge in [-0.15, -0.1) is 0 Å². The number of piperazine rings is 1. The Kier molecular flexibility index (Phi) is 5.19. The Morgan fingerprint density at radius 3 is 2.28 bits per heavy atom. The molecular formula is C20H24ClN3O. The summed E-state index contributed by atoms with van der Waals surface area (Å²) in [6.45, 7) is 9.29. The van der Waals surface area contributed by atoms with Crippen LogP contribution < -0.4 is 10.2 Å². The lowest BCUT2D eigenvalue weighted by Gasteiger charge is -2.37. The molecule has 1 aliphatic heterocycles. The van der Waals surface area contributed by atoms with Gasteiger partial charge in [0.25, 0.3) is 0 Å². The van der Waals surface area contributed by atoms with Gasteiger partial charge in [-0.2, -0.15) is 0 Å². The van der Waals surface area contributed by atoms with Crippen LogP contribution >= 0.6 is 11.6 Å². The van der Waals surface area contributed by atoms with Crippen molar-refractivity contribution in [3.8, 4) is 0 Å². The summed E-state index contributed by atoms with van der Waals surface area (Å²) in [5, 5.41) is 3.53. The van der Waals surface area contributed by atoms with E-state index in [-0.39, 0.29) is 6.03 Å². The smallest absolute Gasteiger partial charge is 0.322 e. The molecule has 0 atom stereocenters. The van der Waals surface area contributed by atoms with Gasteiger partial charge in [-0.1, -0.05) is 35.9 Å².